The highest BCUT2D eigenvalue weighted by molar-refractivity contribution is 9.10. The van der Waals surface area contributed by atoms with Crippen LogP contribution in [0.2, 0.25) is 0 Å². The number of hydrogen-bond donors (Lipinski definition) is 2. The first-order valence-corrected chi connectivity index (χ1v) is 7.38. The van der Waals surface area contributed by atoms with Crippen molar-refractivity contribution in [2.75, 3.05) is 19.8 Å². The summed E-state index contributed by atoms with van der Waals surface area (Å²) >= 11 is 3.12. The van der Waals surface area contributed by atoms with E-state index in [0.29, 0.717) is 17.5 Å². The van der Waals surface area contributed by atoms with Crippen molar-refractivity contribution in [3.05, 3.63) is 28.5 Å². The summed E-state index contributed by atoms with van der Waals surface area (Å²) in [5, 5.41) is 11.6. The smallest absolute Gasteiger partial charge is 0.305 e. The first kappa shape index (κ1) is 16.7. The summed E-state index contributed by atoms with van der Waals surface area (Å²) in [6.45, 7) is 0.118. The summed E-state index contributed by atoms with van der Waals surface area (Å²) in [5.74, 6) is -2.18. The van der Waals surface area contributed by atoms with Gasteiger partial charge in [0, 0.05) is 11.1 Å². The fourth-order valence-corrected chi connectivity index (χ4v) is 2.58. The number of nitrogens with one attached hydrogen (secondary N) is 1. The van der Waals surface area contributed by atoms with Crippen molar-refractivity contribution in [1.82, 2.24) is 5.32 Å². The lowest BCUT2D eigenvalue weighted by Gasteiger charge is -2.26. The lowest BCUT2D eigenvalue weighted by Crippen LogP contribution is -2.51. The third-order valence-corrected chi connectivity index (χ3v) is 3.74. The molecule has 1 aromatic carbocycles. The van der Waals surface area contributed by atoms with E-state index in [9.17, 15) is 14.0 Å². The number of carbonyl (C=O) groups is 2. The summed E-state index contributed by atoms with van der Waals surface area (Å²) in [6, 6.07) is 4.22. The highest BCUT2D eigenvalue weighted by Gasteiger charge is 2.38. The van der Waals surface area contributed by atoms with Crippen molar-refractivity contribution in [1.29, 1.82) is 0 Å². The zero-order valence-electron chi connectivity index (χ0n) is 11.6. The fourth-order valence-electron chi connectivity index (χ4n) is 2.25. The van der Waals surface area contributed by atoms with Crippen molar-refractivity contribution in [3.8, 4) is 5.75 Å². The molecule has 6 nitrogen and oxygen atoms in total. The van der Waals surface area contributed by atoms with Crippen molar-refractivity contribution in [3.63, 3.8) is 0 Å². The first-order valence-electron chi connectivity index (χ1n) is 6.59. The molecule has 120 valence electrons. The van der Waals surface area contributed by atoms with Crippen LogP contribution < -0.4 is 10.1 Å². The molecule has 0 aliphatic carbocycles. The second-order valence-corrected chi connectivity index (χ2v) is 5.98. The van der Waals surface area contributed by atoms with Crippen LogP contribution in [-0.2, 0) is 14.3 Å². The number of benzene rings is 1. The molecule has 0 aromatic heterocycles. The Bertz CT molecular complexity index is 574. The summed E-state index contributed by atoms with van der Waals surface area (Å²) in [6.07, 6.45) is 0.184. The Hall–Kier alpha value is -1.67. The van der Waals surface area contributed by atoms with Gasteiger partial charge in [0.15, 0.2) is 18.2 Å². The van der Waals surface area contributed by atoms with Crippen LogP contribution in [0.4, 0.5) is 4.39 Å². The summed E-state index contributed by atoms with van der Waals surface area (Å²) in [7, 11) is 0. The number of carboxylic acid groups (broad SMARTS) is 1. The standard InChI is InChI=1S/C14H15BrFNO5/c15-9-1-2-11(10(16)5-9)22-7-12(18)17-14(6-13(19)20)3-4-21-8-14/h1-2,5H,3-4,6-8H2,(H,17,18)(H,19,20). The molecule has 2 N–H and O–H groups in total. The number of rotatable bonds is 6. The van der Waals surface area contributed by atoms with Crippen molar-refractivity contribution < 1.29 is 28.6 Å². The molecular weight excluding hydrogens is 361 g/mol. The average molecular weight is 376 g/mol. The normalized spacial score (nSPS) is 20.6. The largest absolute Gasteiger partial charge is 0.481 e. The molecule has 1 fully saturated rings. The van der Waals surface area contributed by atoms with Gasteiger partial charge >= 0.3 is 5.97 Å². The third kappa shape index (κ3) is 4.41. The fraction of sp³-hybridized carbons (Fsp3) is 0.429. The van der Waals surface area contributed by atoms with Gasteiger partial charge in [-0.3, -0.25) is 9.59 Å². The predicted octanol–water partition coefficient (Wildman–Crippen LogP) is 1.72. The molecule has 22 heavy (non-hydrogen) atoms. The average Bonchev–Trinajstić information content (AvgIpc) is 2.84. The number of aliphatic carboxylic acids is 1. The topological polar surface area (TPSA) is 84.9 Å². The monoisotopic (exact) mass is 375 g/mol. The zero-order valence-corrected chi connectivity index (χ0v) is 13.2. The molecule has 1 aromatic rings. The van der Waals surface area contributed by atoms with Gasteiger partial charge in [-0.15, -0.1) is 0 Å². The number of hydrogen-bond acceptors (Lipinski definition) is 4. The van der Waals surface area contributed by atoms with Crippen LogP contribution in [0.15, 0.2) is 22.7 Å². The van der Waals surface area contributed by atoms with E-state index in [-0.39, 0.29) is 18.8 Å². The van der Waals surface area contributed by atoms with Gasteiger partial charge in [-0.05, 0) is 24.6 Å². The van der Waals surface area contributed by atoms with E-state index >= 15 is 0 Å². The van der Waals surface area contributed by atoms with E-state index < -0.39 is 29.8 Å². The lowest BCUT2D eigenvalue weighted by atomic mass is 9.94. The molecule has 1 atom stereocenters. The van der Waals surface area contributed by atoms with Crippen LogP contribution in [0, 0.1) is 5.82 Å². The SMILES string of the molecule is O=C(O)CC1(NC(=O)COc2ccc(Br)cc2F)CCOC1. The van der Waals surface area contributed by atoms with Crippen molar-refractivity contribution in [2.24, 2.45) is 0 Å². The van der Waals surface area contributed by atoms with Gasteiger partial charge in [0.25, 0.3) is 5.91 Å². The quantitative estimate of drug-likeness (QED) is 0.790. The van der Waals surface area contributed by atoms with Gasteiger partial charge in [-0.1, -0.05) is 15.9 Å². The Labute approximate surface area is 134 Å². The van der Waals surface area contributed by atoms with Crippen LogP contribution in [0.5, 0.6) is 5.75 Å². The maximum absolute atomic E-state index is 13.6. The number of ether oxygens (including phenoxy) is 2. The lowest BCUT2D eigenvalue weighted by molar-refractivity contribution is -0.139. The second kappa shape index (κ2) is 7.06. The number of amides is 1. The van der Waals surface area contributed by atoms with Crippen LogP contribution in [-0.4, -0.2) is 42.3 Å². The second-order valence-electron chi connectivity index (χ2n) is 5.07. The van der Waals surface area contributed by atoms with Gasteiger partial charge in [-0.25, -0.2) is 4.39 Å². The van der Waals surface area contributed by atoms with E-state index in [4.69, 9.17) is 14.6 Å². The van der Waals surface area contributed by atoms with E-state index in [2.05, 4.69) is 21.2 Å². The van der Waals surface area contributed by atoms with Crippen LogP contribution in [0.25, 0.3) is 0 Å². The van der Waals surface area contributed by atoms with E-state index in [1.807, 2.05) is 0 Å². The first-order chi connectivity index (χ1) is 10.4. The van der Waals surface area contributed by atoms with Crippen LogP contribution in [0.3, 0.4) is 0 Å². The summed E-state index contributed by atoms with van der Waals surface area (Å²) < 4.78 is 24.4. The Balaban J connectivity index is 1.92. The van der Waals surface area contributed by atoms with Gasteiger partial charge < -0.3 is 19.9 Å². The Morgan fingerprint density at radius 2 is 2.27 bits per heavy atom. The minimum absolute atomic E-state index is 0.0479. The molecule has 0 radical (unpaired) electrons. The molecule has 1 amide bonds. The molecular formula is C14H15BrFNO5. The minimum Gasteiger partial charge on any atom is -0.481 e. The van der Waals surface area contributed by atoms with Crippen molar-refractivity contribution >= 4 is 27.8 Å². The molecule has 0 bridgehead atoms. The number of carboxylic acids is 1. The van der Waals surface area contributed by atoms with Gasteiger partial charge in [-0.2, -0.15) is 0 Å². The molecule has 0 spiro atoms. The molecule has 1 heterocycles. The van der Waals surface area contributed by atoms with Crippen LogP contribution >= 0.6 is 15.9 Å². The highest BCUT2D eigenvalue weighted by Crippen LogP contribution is 2.23. The Morgan fingerprint density at radius 1 is 1.50 bits per heavy atom. The maximum Gasteiger partial charge on any atom is 0.305 e. The number of carbonyl (C=O) groups excluding carboxylic acids is 1. The zero-order chi connectivity index (χ0) is 16.2. The highest BCUT2D eigenvalue weighted by atomic mass is 79.9. The van der Waals surface area contributed by atoms with Gasteiger partial charge in [0.05, 0.1) is 18.6 Å². The molecule has 1 aliphatic heterocycles. The summed E-state index contributed by atoms with van der Waals surface area (Å²) in [5.41, 5.74) is -0.926. The maximum atomic E-state index is 13.6. The van der Waals surface area contributed by atoms with E-state index in [1.54, 1.807) is 6.07 Å². The summed E-state index contributed by atoms with van der Waals surface area (Å²) in [4.78, 5) is 22.8. The molecule has 8 heteroatoms. The predicted molar refractivity (Wildman–Crippen MR) is 78.2 cm³/mol. The Kier molecular flexibility index (Phi) is 5.36. The van der Waals surface area contributed by atoms with Crippen molar-refractivity contribution in [2.45, 2.75) is 18.4 Å². The molecule has 1 aliphatic rings. The minimum atomic E-state index is -1.02. The molecule has 1 unspecified atom stereocenters. The Morgan fingerprint density at radius 3 is 2.86 bits per heavy atom. The van der Waals surface area contributed by atoms with E-state index in [1.165, 1.54) is 12.1 Å². The van der Waals surface area contributed by atoms with Crippen LogP contribution in [0.1, 0.15) is 12.8 Å². The van der Waals surface area contributed by atoms with Gasteiger partial charge in [0.2, 0.25) is 0 Å². The third-order valence-electron chi connectivity index (χ3n) is 3.25. The van der Waals surface area contributed by atoms with Gasteiger partial charge in [0.1, 0.15) is 0 Å². The molecule has 1 saturated heterocycles. The van der Waals surface area contributed by atoms with E-state index in [0.717, 1.165) is 0 Å². The number of halogens is 2. The molecule has 2 rings (SSSR count). The molecule has 0 saturated carbocycles.